The van der Waals surface area contributed by atoms with E-state index in [1.165, 1.54) is 0 Å². The average molecular weight is 459 g/mol. The second-order valence-corrected chi connectivity index (χ2v) is 7.56. The molecule has 2 aromatic carbocycles. The number of ether oxygens (including phenoxy) is 2. The largest absolute Gasteiger partial charge is 0.497 e. The second kappa shape index (κ2) is 10.1. The molecule has 0 saturated carbocycles. The van der Waals surface area contributed by atoms with Crippen LogP contribution in [0.5, 0.6) is 11.5 Å². The first-order valence-electron chi connectivity index (χ1n) is 10.9. The molecule has 0 aliphatic rings. The van der Waals surface area contributed by atoms with Gasteiger partial charge in [0.15, 0.2) is 5.82 Å². The molecule has 174 valence electrons. The highest BCUT2D eigenvalue weighted by Gasteiger charge is 2.20. The molecule has 0 spiro atoms. The van der Waals surface area contributed by atoms with E-state index in [2.05, 4.69) is 15.5 Å². The van der Waals surface area contributed by atoms with Gasteiger partial charge in [-0.3, -0.25) is 0 Å². The molecule has 2 heterocycles. The highest BCUT2D eigenvalue weighted by Crippen LogP contribution is 2.38. The lowest BCUT2D eigenvalue weighted by Gasteiger charge is -2.13. The Balaban J connectivity index is 1.86. The lowest BCUT2D eigenvalue weighted by atomic mass is 10.1. The number of methoxy groups -OCH3 is 2. The van der Waals surface area contributed by atoms with E-state index in [9.17, 15) is 9.90 Å². The van der Waals surface area contributed by atoms with Crippen molar-refractivity contribution in [2.75, 3.05) is 19.5 Å². The summed E-state index contributed by atoms with van der Waals surface area (Å²) >= 11 is 0. The van der Waals surface area contributed by atoms with Gasteiger partial charge in [0.1, 0.15) is 17.2 Å². The van der Waals surface area contributed by atoms with Crippen molar-refractivity contribution < 1.29 is 19.4 Å². The molecule has 0 fully saturated rings. The maximum Gasteiger partial charge on any atom is 0.328 e. The van der Waals surface area contributed by atoms with Crippen LogP contribution in [0, 0.1) is 0 Å². The molecule has 4 aromatic rings. The molecule has 34 heavy (non-hydrogen) atoms. The number of aromatic nitrogens is 3. The van der Waals surface area contributed by atoms with Crippen LogP contribution in [0.15, 0.2) is 60.8 Å². The van der Waals surface area contributed by atoms with Crippen molar-refractivity contribution in [3.05, 3.63) is 71.9 Å². The Morgan fingerprint density at radius 3 is 2.53 bits per heavy atom. The van der Waals surface area contributed by atoms with E-state index in [0.29, 0.717) is 30.4 Å². The van der Waals surface area contributed by atoms with Gasteiger partial charge in [0.25, 0.3) is 0 Å². The first-order valence-corrected chi connectivity index (χ1v) is 10.9. The summed E-state index contributed by atoms with van der Waals surface area (Å²) in [5.41, 5.74) is 4.11. The predicted octanol–water partition coefficient (Wildman–Crippen LogP) is 4.85. The van der Waals surface area contributed by atoms with Crippen LogP contribution >= 0.6 is 0 Å². The molecule has 8 heteroatoms. The number of hydrogen-bond donors (Lipinski definition) is 2. The zero-order valence-corrected chi connectivity index (χ0v) is 19.3. The molecule has 2 N–H and O–H groups in total. The van der Waals surface area contributed by atoms with Crippen molar-refractivity contribution in [2.24, 2.45) is 0 Å². The number of para-hydroxylation sites is 1. The molecule has 2 aromatic heterocycles. The molecule has 0 aliphatic carbocycles. The Morgan fingerprint density at radius 2 is 1.85 bits per heavy atom. The van der Waals surface area contributed by atoms with Crippen LogP contribution < -0.4 is 14.8 Å². The van der Waals surface area contributed by atoms with Crippen LogP contribution in [0.1, 0.15) is 18.1 Å². The molecular weight excluding hydrogens is 432 g/mol. The Bertz CT molecular complexity index is 1340. The molecule has 0 amide bonds. The van der Waals surface area contributed by atoms with Crippen molar-refractivity contribution in [1.82, 2.24) is 14.8 Å². The predicted molar refractivity (Wildman–Crippen MR) is 132 cm³/mol. The van der Waals surface area contributed by atoms with Crippen molar-refractivity contribution in [1.29, 1.82) is 0 Å². The molecule has 0 saturated heterocycles. The number of nitrogens with one attached hydrogen (secondary N) is 1. The van der Waals surface area contributed by atoms with Gasteiger partial charge >= 0.3 is 5.97 Å². The van der Waals surface area contributed by atoms with Gasteiger partial charge in [0, 0.05) is 36.5 Å². The number of aliphatic carboxylic acids is 1. The number of benzene rings is 2. The molecule has 0 aliphatic heterocycles. The smallest absolute Gasteiger partial charge is 0.328 e. The fraction of sp³-hybridized carbons (Fsp3) is 0.192. The maximum absolute atomic E-state index is 11.2. The highest BCUT2D eigenvalue weighted by molar-refractivity contribution is 6.05. The summed E-state index contributed by atoms with van der Waals surface area (Å²) in [6.07, 6.45) is 4.64. The van der Waals surface area contributed by atoms with Crippen molar-refractivity contribution >= 4 is 28.8 Å². The van der Waals surface area contributed by atoms with Crippen molar-refractivity contribution in [2.45, 2.75) is 20.0 Å². The van der Waals surface area contributed by atoms with E-state index in [1.54, 1.807) is 20.3 Å². The van der Waals surface area contributed by atoms with E-state index in [0.717, 1.165) is 39.4 Å². The minimum absolute atomic E-state index is 0.515. The van der Waals surface area contributed by atoms with E-state index < -0.39 is 5.97 Å². The summed E-state index contributed by atoms with van der Waals surface area (Å²) in [6.45, 7) is 3.21. The molecular formula is C26H26N4O4. The third-order valence-electron chi connectivity index (χ3n) is 5.55. The van der Waals surface area contributed by atoms with Crippen LogP contribution in [0.4, 0.5) is 5.82 Å². The third-order valence-corrected chi connectivity index (χ3v) is 5.55. The Hall–Kier alpha value is -4.33. The van der Waals surface area contributed by atoms with E-state index in [-0.39, 0.29) is 0 Å². The average Bonchev–Trinajstić information content (AvgIpc) is 3.25. The molecule has 4 rings (SSSR count). The van der Waals surface area contributed by atoms with E-state index in [4.69, 9.17) is 9.47 Å². The number of hydrogen-bond acceptors (Lipinski definition) is 6. The summed E-state index contributed by atoms with van der Waals surface area (Å²) < 4.78 is 12.8. The van der Waals surface area contributed by atoms with Crippen LogP contribution in [0.2, 0.25) is 0 Å². The molecule has 8 nitrogen and oxygen atoms in total. The summed E-state index contributed by atoms with van der Waals surface area (Å²) in [6, 6.07) is 15.4. The topological polar surface area (TPSA) is 98.5 Å². The number of rotatable bonds is 9. The van der Waals surface area contributed by atoms with E-state index in [1.807, 2.05) is 66.2 Å². The number of anilines is 1. The van der Waals surface area contributed by atoms with Gasteiger partial charge in [0.05, 0.1) is 25.1 Å². The number of fused-ring (bicyclic) bond motifs is 1. The maximum atomic E-state index is 11.2. The molecule has 0 radical (unpaired) electrons. The Kier molecular flexibility index (Phi) is 6.77. The SMILES string of the molecule is CCn1cc(/C=C/C(=O)O)c2c(NCc3ccc(OC)cc3)nnc(-c3ccccc3OC)c21. The van der Waals surface area contributed by atoms with Gasteiger partial charge < -0.3 is 24.5 Å². The zero-order chi connectivity index (χ0) is 24.1. The number of aryl methyl sites for hydroxylation is 1. The summed E-state index contributed by atoms with van der Waals surface area (Å²) in [5.74, 6) is 1.02. The summed E-state index contributed by atoms with van der Waals surface area (Å²) in [5, 5.41) is 22.5. The number of carboxylic acid groups (broad SMARTS) is 1. The van der Waals surface area contributed by atoms with Gasteiger partial charge in [-0.1, -0.05) is 24.3 Å². The quantitative estimate of drug-likeness (QED) is 0.346. The Labute approximate surface area is 197 Å². The fourth-order valence-electron chi connectivity index (χ4n) is 3.89. The third kappa shape index (κ3) is 4.56. The van der Waals surface area contributed by atoms with Crippen molar-refractivity contribution in [3.63, 3.8) is 0 Å². The van der Waals surface area contributed by atoms with Gasteiger partial charge in [-0.15, -0.1) is 10.2 Å². The zero-order valence-electron chi connectivity index (χ0n) is 19.3. The van der Waals surface area contributed by atoms with E-state index >= 15 is 0 Å². The van der Waals surface area contributed by atoms with Crippen LogP contribution in [-0.4, -0.2) is 40.1 Å². The lowest BCUT2D eigenvalue weighted by Crippen LogP contribution is -2.05. The summed E-state index contributed by atoms with van der Waals surface area (Å²) in [4.78, 5) is 11.2. The molecule has 0 bridgehead atoms. The van der Waals surface area contributed by atoms with Crippen LogP contribution in [-0.2, 0) is 17.9 Å². The fourth-order valence-corrected chi connectivity index (χ4v) is 3.89. The Morgan fingerprint density at radius 1 is 1.09 bits per heavy atom. The number of carbonyl (C=O) groups is 1. The minimum atomic E-state index is -1.02. The van der Waals surface area contributed by atoms with Crippen LogP contribution in [0.25, 0.3) is 28.2 Å². The van der Waals surface area contributed by atoms with Gasteiger partial charge in [-0.05, 0) is 42.8 Å². The first kappa shape index (κ1) is 22.8. The molecule has 0 unspecified atom stereocenters. The van der Waals surface area contributed by atoms with Gasteiger partial charge in [-0.25, -0.2) is 4.79 Å². The second-order valence-electron chi connectivity index (χ2n) is 7.56. The molecule has 0 atom stereocenters. The van der Waals surface area contributed by atoms with Crippen LogP contribution in [0.3, 0.4) is 0 Å². The van der Waals surface area contributed by atoms with Crippen molar-refractivity contribution in [3.8, 4) is 22.8 Å². The lowest BCUT2D eigenvalue weighted by molar-refractivity contribution is -0.131. The first-order chi connectivity index (χ1) is 16.5. The number of carboxylic acids is 1. The summed E-state index contributed by atoms with van der Waals surface area (Å²) in [7, 11) is 3.25. The normalized spacial score (nSPS) is 11.1. The van der Waals surface area contributed by atoms with Gasteiger partial charge in [0.2, 0.25) is 0 Å². The standard InChI is InChI=1S/C26H26N4O4/c1-4-30-16-18(11-14-22(31)32)23-25(30)24(20-7-5-6-8-21(20)34-3)28-29-26(23)27-15-17-9-12-19(33-2)13-10-17/h5-14,16H,4,15H2,1-3H3,(H,27,29)(H,31,32)/b14-11+. The number of nitrogens with zero attached hydrogens (tertiary/aromatic N) is 3. The minimum Gasteiger partial charge on any atom is -0.497 e. The highest BCUT2D eigenvalue weighted by atomic mass is 16.5. The van der Waals surface area contributed by atoms with Gasteiger partial charge in [-0.2, -0.15) is 0 Å². The monoisotopic (exact) mass is 458 g/mol.